The number of benzene rings is 2. The maximum Gasteiger partial charge on any atom is 0.228 e. The molecule has 1 amide bonds. The molecule has 2 heterocycles. The zero-order valence-corrected chi connectivity index (χ0v) is 16.3. The Hall–Kier alpha value is -3.38. The van der Waals surface area contributed by atoms with Gasteiger partial charge in [0.1, 0.15) is 0 Å². The van der Waals surface area contributed by atoms with E-state index in [1.54, 1.807) is 12.1 Å². The zero-order valence-electron chi connectivity index (χ0n) is 15.6. The largest absolute Gasteiger partial charge is 0.355 e. The highest BCUT2D eigenvalue weighted by molar-refractivity contribution is 6.30. The first-order valence-electron chi connectivity index (χ1n) is 9.25. The summed E-state index contributed by atoms with van der Waals surface area (Å²) in [6.45, 7) is 0.428. The molecular formula is C22H19ClN4O2. The highest BCUT2D eigenvalue weighted by atomic mass is 35.5. The number of hydrogen-bond acceptors (Lipinski definition) is 4. The van der Waals surface area contributed by atoms with E-state index in [0.717, 1.165) is 16.8 Å². The zero-order chi connectivity index (χ0) is 20.1. The Kier molecular flexibility index (Phi) is 5.72. The van der Waals surface area contributed by atoms with Crippen molar-refractivity contribution in [3.8, 4) is 17.1 Å². The Bertz CT molecular complexity index is 1090. The molecule has 2 aromatic carbocycles. The van der Waals surface area contributed by atoms with Crippen LogP contribution >= 0.6 is 11.6 Å². The standard InChI is InChI=1S/C22H19ClN4O2/c23-18-5-3-4-17(15-18)22-25-21(29-26-22)10-11-24-20(28)14-16-6-8-19(9-7-16)27-12-1-2-13-27/h1-9,12-13,15H,10-11,14H2,(H,24,28). The fourth-order valence-corrected chi connectivity index (χ4v) is 3.14. The molecule has 0 saturated carbocycles. The summed E-state index contributed by atoms with van der Waals surface area (Å²) in [5.41, 5.74) is 2.81. The molecule has 0 atom stereocenters. The van der Waals surface area contributed by atoms with Gasteiger partial charge in [0.05, 0.1) is 6.42 Å². The summed E-state index contributed by atoms with van der Waals surface area (Å²) in [5.74, 6) is 0.904. The van der Waals surface area contributed by atoms with Crippen molar-refractivity contribution in [2.24, 2.45) is 0 Å². The minimum atomic E-state index is -0.0479. The van der Waals surface area contributed by atoms with Gasteiger partial charge in [0.2, 0.25) is 17.6 Å². The number of nitrogens with zero attached hydrogens (tertiary/aromatic N) is 3. The summed E-state index contributed by atoms with van der Waals surface area (Å²) in [4.78, 5) is 16.5. The van der Waals surface area contributed by atoms with Crippen LogP contribution in [-0.2, 0) is 17.6 Å². The Morgan fingerprint density at radius 3 is 2.62 bits per heavy atom. The highest BCUT2D eigenvalue weighted by Crippen LogP contribution is 2.20. The molecule has 0 unspecified atom stereocenters. The number of rotatable bonds is 7. The molecule has 0 aliphatic carbocycles. The molecule has 29 heavy (non-hydrogen) atoms. The Morgan fingerprint density at radius 1 is 1.07 bits per heavy atom. The van der Waals surface area contributed by atoms with Gasteiger partial charge in [-0.05, 0) is 42.0 Å². The van der Waals surface area contributed by atoms with E-state index in [9.17, 15) is 4.79 Å². The van der Waals surface area contributed by atoms with Gasteiger partial charge >= 0.3 is 0 Å². The first-order valence-corrected chi connectivity index (χ1v) is 9.63. The number of amides is 1. The average molecular weight is 407 g/mol. The van der Waals surface area contributed by atoms with Gasteiger partial charge in [-0.2, -0.15) is 4.98 Å². The molecule has 4 aromatic rings. The van der Waals surface area contributed by atoms with Crippen molar-refractivity contribution >= 4 is 17.5 Å². The van der Waals surface area contributed by atoms with Crippen molar-refractivity contribution < 1.29 is 9.32 Å². The van der Waals surface area contributed by atoms with E-state index in [1.807, 2.05) is 65.5 Å². The van der Waals surface area contributed by atoms with Gasteiger partial charge in [0.15, 0.2) is 0 Å². The second-order valence-corrected chi connectivity index (χ2v) is 6.99. The van der Waals surface area contributed by atoms with Crippen LogP contribution in [-0.4, -0.2) is 27.2 Å². The molecule has 146 valence electrons. The second kappa shape index (κ2) is 8.75. The summed E-state index contributed by atoms with van der Waals surface area (Å²) in [7, 11) is 0. The molecule has 0 radical (unpaired) electrons. The summed E-state index contributed by atoms with van der Waals surface area (Å²) in [6.07, 6.45) is 4.75. The van der Waals surface area contributed by atoms with Crippen LogP contribution < -0.4 is 5.32 Å². The maximum atomic E-state index is 12.2. The molecule has 0 aliphatic rings. The molecule has 0 spiro atoms. The maximum absolute atomic E-state index is 12.2. The predicted molar refractivity (Wildman–Crippen MR) is 111 cm³/mol. The van der Waals surface area contributed by atoms with Crippen LogP contribution in [0.15, 0.2) is 77.6 Å². The third-order valence-electron chi connectivity index (χ3n) is 4.42. The van der Waals surface area contributed by atoms with Crippen molar-refractivity contribution in [1.82, 2.24) is 20.0 Å². The van der Waals surface area contributed by atoms with Crippen LogP contribution in [0.4, 0.5) is 0 Å². The molecule has 0 saturated heterocycles. The monoisotopic (exact) mass is 406 g/mol. The number of halogens is 1. The third-order valence-corrected chi connectivity index (χ3v) is 4.65. The van der Waals surface area contributed by atoms with Gasteiger partial charge in [-0.3, -0.25) is 4.79 Å². The lowest BCUT2D eigenvalue weighted by atomic mass is 10.1. The van der Waals surface area contributed by atoms with Gasteiger partial charge < -0.3 is 14.4 Å². The lowest BCUT2D eigenvalue weighted by molar-refractivity contribution is -0.120. The van der Waals surface area contributed by atoms with Gasteiger partial charge in [-0.15, -0.1) is 0 Å². The molecule has 0 fully saturated rings. The lowest BCUT2D eigenvalue weighted by Gasteiger charge is -2.06. The molecule has 7 heteroatoms. The van der Waals surface area contributed by atoms with Crippen LogP contribution in [0.3, 0.4) is 0 Å². The van der Waals surface area contributed by atoms with E-state index in [-0.39, 0.29) is 5.91 Å². The molecular weight excluding hydrogens is 388 g/mol. The van der Waals surface area contributed by atoms with Crippen molar-refractivity contribution in [3.05, 3.63) is 89.5 Å². The summed E-state index contributed by atoms with van der Waals surface area (Å²) in [5, 5.41) is 7.46. The number of carbonyl (C=O) groups is 1. The van der Waals surface area contributed by atoms with Crippen LogP contribution in [0, 0.1) is 0 Å². The summed E-state index contributed by atoms with van der Waals surface area (Å²) in [6, 6.07) is 19.1. The van der Waals surface area contributed by atoms with Gasteiger partial charge in [0, 0.05) is 41.6 Å². The fraction of sp³-hybridized carbons (Fsp3) is 0.136. The van der Waals surface area contributed by atoms with Crippen molar-refractivity contribution in [2.75, 3.05) is 6.54 Å². The minimum Gasteiger partial charge on any atom is -0.355 e. The first kappa shape index (κ1) is 19.0. The number of carbonyl (C=O) groups excluding carboxylic acids is 1. The molecule has 2 aromatic heterocycles. The summed E-state index contributed by atoms with van der Waals surface area (Å²) < 4.78 is 7.27. The summed E-state index contributed by atoms with van der Waals surface area (Å²) >= 11 is 5.99. The normalized spacial score (nSPS) is 10.8. The van der Waals surface area contributed by atoms with Gasteiger partial charge in [0.25, 0.3) is 0 Å². The van der Waals surface area contributed by atoms with Crippen LogP contribution in [0.25, 0.3) is 17.1 Å². The quantitative estimate of drug-likeness (QED) is 0.502. The number of hydrogen-bond donors (Lipinski definition) is 1. The smallest absolute Gasteiger partial charge is 0.228 e. The van der Waals surface area contributed by atoms with E-state index < -0.39 is 0 Å². The van der Waals surface area contributed by atoms with Crippen LogP contribution in [0.1, 0.15) is 11.5 Å². The number of nitrogens with one attached hydrogen (secondary N) is 1. The van der Waals surface area contributed by atoms with E-state index in [0.29, 0.717) is 36.1 Å². The first-order chi connectivity index (χ1) is 14.2. The van der Waals surface area contributed by atoms with E-state index in [1.165, 1.54) is 0 Å². The van der Waals surface area contributed by atoms with Crippen molar-refractivity contribution in [3.63, 3.8) is 0 Å². The van der Waals surface area contributed by atoms with E-state index in [4.69, 9.17) is 16.1 Å². The second-order valence-electron chi connectivity index (χ2n) is 6.56. The predicted octanol–water partition coefficient (Wildman–Crippen LogP) is 4.08. The number of aromatic nitrogens is 3. The Labute approximate surface area is 173 Å². The average Bonchev–Trinajstić information content (AvgIpc) is 3.41. The molecule has 4 rings (SSSR count). The van der Waals surface area contributed by atoms with E-state index in [2.05, 4.69) is 15.5 Å². The topological polar surface area (TPSA) is 73.0 Å². The van der Waals surface area contributed by atoms with Gasteiger partial charge in [-0.25, -0.2) is 0 Å². The van der Waals surface area contributed by atoms with E-state index >= 15 is 0 Å². The van der Waals surface area contributed by atoms with Crippen molar-refractivity contribution in [1.29, 1.82) is 0 Å². The molecule has 6 nitrogen and oxygen atoms in total. The van der Waals surface area contributed by atoms with Crippen molar-refractivity contribution in [2.45, 2.75) is 12.8 Å². The molecule has 0 bridgehead atoms. The SMILES string of the molecule is O=C(Cc1ccc(-n2cccc2)cc1)NCCc1nc(-c2cccc(Cl)c2)no1. The van der Waals surface area contributed by atoms with Crippen LogP contribution in [0.2, 0.25) is 5.02 Å². The highest BCUT2D eigenvalue weighted by Gasteiger charge is 2.10. The fourth-order valence-electron chi connectivity index (χ4n) is 2.95. The Morgan fingerprint density at radius 2 is 1.86 bits per heavy atom. The molecule has 0 aliphatic heterocycles. The molecule has 1 N–H and O–H groups in total. The van der Waals surface area contributed by atoms with Crippen LogP contribution in [0.5, 0.6) is 0 Å². The third kappa shape index (κ3) is 4.92. The Balaban J connectivity index is 1.26. The minimum absolute atomic E-state index is 0.0479. The lowest BCUT2D eigenvalue weighted by Crippen LogP contribution is -2.27. The van der Waals surface area contributed by atoms with Gasteiger partial charge in [-0.1, -0.05) is 41.0 Å².